The van der Waals surface area contributed by atoms with Crippen LogP contribution in [0.5, 0.6) is 5.75 Å². The lowest BCUT2D eigenvalue weighted by atomic mass is 10.3. The van der Waals surface area contributed by atoms with Crippen molar-refractivity contribution in [3.63, 3.8) is 0 Å². The van der Waals surface area contributed by atoms with Gasteiger partial charge in [0.2, 0.25) is 0 Å². The molecule has 0 aromatic heterocycles. The van der Waals surface area contributed by atoms with Crippen molar-refractivity contribution in [1.82, 2.24) is 0 Å². The zero-order valence-corrected chi connectivity index (χ0v) is 9.37. The summed E-state index contributed by atoms with van der Waals surface area (Å²) in [5, 5.41) is 0. The third-order valence-electron chi connectivity index (χ3n) is 1.38. The number of methoxy groups -OCH3 is 1. The Morgan fingerprint density at radius 1 is 1.50 bits per heavy atom. The topological polar surface area (TPSA) is 35.2 Å². The van der Waals surface area contributed by atoms with Crippen LogP contribution in [-0.4, -0.2) is 7.11 Å². The van der Waals surface area contributed by atoms with Crippen LogP contribution in [0.3, 0.4) is 0 Å². The van der Waals surface area contributed by atoms with Gasteiger partial charge in [-0.25, -0.2) is 4.39 Å². The van der Waals surface area contributed by atoms with Crippen molar-refractivity contribution in [1.29, 1.82) is 0 Å². The number of hydrogen-bond donors (Lipinski definition) is 1. The average molecular weight is 299 g/mol. The Morgan fingerprint density at radius 2 is 2.08 bits per heavy atom. The number of anilines is 1. The van der Waals surface area contributed by atoms with E-state index in [4.69, 9.17) is 10.5 Å². The molecule has 0 amide bonds. The minimum Gasteiger partial charge on any atom is -0.495 e. The maximum atomic E-state index is 13.1. The maximum Gasteiger partial charge on any atom is 0.153 e. The van der Waals surface area contributed by atoms with Crippen LogP contribution >= 0.6 is 31.9 Å². The Balaban J connectivity index is 3.39. The van der Waals surface area contributed by atoms with Gasteiger partial charge in [-0.05, 0) is 37.9 Å². The molecular formula is C7H6Br2FNO. The summed E-state index contributed by atoms with van der Waals surface area (Å²) in [5.41, 5.74) is 5.79. The van der Waals surface area contributed by atoms with Crippen molar-refractivity contribution in [2.75, 3.05) is 12.8 Å². The predicted octanol–water partition coefficient (Wildman–Crippen LogP) is 2.94. The van der Waals surface area contributed by atoms with E-state index in [1.807, 2.05) is 0 Å². The maximum absolute atomic E-state index is 13.1. The highest BCUT2D eigenvalue weighted by molar-refractivity contribution is 9.11. The van der Waals surface area contributed by atoms with Gasteiger partial charge in [0.25, 0.3) is 0 Å². The van der Waals surface area contributed by atoms with Crippen LogP contribution in [-0.2, 0) is 0 Å². The Morgan fingerprint density at radius 3 is 2.58 bits per heavy atom. The summed E-state index contributed by atoms with van der Waals surface area (Å²) in [4.78, 5) is 0. The molecule has 0 aliphatic rings. The molecule has 0 bridgehead atoms. The van der Waals surface area contributed by atoms with Crippen LogP contribution in [0.4, 0.5) is 10.1 Å². The number of hydrogen-bond acceptors (Lipinski definition) is 2. The van der Waals surface area contributed by atoms with Crippen LogP contribution in [0.2, 0.25) is 0 Å². The SMILES string of the molecule is COc1cc(Br)c(F)c(Br)c1N. The zero-order valence-electron chi connectivity index (χ0n) is 6.20. The van der Waals surface area contributed by atoms with Gasteiger partial charge in [0.15, 0.2) is 5.82 Å². The monoisotopic (exact) mass is 297 g/mol. The molecular weight excluding hydrogens is 293 g/mol. The van der Waals surface area contributed by atoms with E-state index < -0.39 is 5.82 Å². The lowest BCUT2D eigenvalue weighted by molar-refractivity contribution is 0.415. The molecule has 5 heteroatoms. The first kappa shape index (κ1) is 9.80. The Hall–Kier alpha value is -0.290. The Bertz CT molecular complexity index is 317. The summed E-state index contributed by atoms with van der Waals surface area (Å²) in [6, 6.07) is 1.48. The molecule has 1 aromatic carbocycles. The third kappa shape index (κ3) is 1.56. The first-order valence-electron chi connectivity index (χ1n) is 3.05. The van der Waals surface area contributed by atoms with Gasteiger partial charge >= 0.3 is 0 Å². The smallest absolute Gasteiger partial charge is 0.153 e. The summed E-state index contributed by atoms with van der Waals surface area (Å²) < 4.78 is 18.5. The first-order valence-corrected chi connectivity index (χ1v) is 4.63. The van der Waals surface area contributed by atoms with Gasteiger partial charge < -0.3 is 10.5 Å². The van der Waals surface area contributed by atoms with E-state index in [0.29, 0.717) is 10.2 Å². The largest absolute Gasteiger partial charge is 0.495 e. The van der Waals surface area contributed by atoms with E-state index in [2.05, 4.69) is 31.9 Å². The highest BCUT2D eigenvalue weighted by atomic mass is 79.9. The Kier molecular flexibility index (Phi) is 2.95. The molecule has 0 aliphatic carbocycles. The molecule has 0 heterocycles. The minimum absolute atomic E-state index is 0.216. The number of benzene rings is 1. The second-order valence-corrected chi connectivity index (χ2v) is 3.75. The molecule has 0 spiro atoms. The molecule has 0 unspecified atom stereocenters. The van der Waals surface area contributed by atoms with Crippen LogP contribution < -0.4 is 10.5 Å². The van der Waals surface area contributed by atoms with Crippen LogP contribution in [0.15, 0.2) is 15.0 Å². The first-order chi connectivity index (χ1) is 5.57. The molecule has 2 N–H and O–H groups in total. The molecule has 1 aromatic rings. The van der Waals surface area contributed by atoms with Crippen LogP contribution in [0.1, 0.15) is 0 Å². The molecule has 66 valence electrons. The standard InChI is InChI=1S/C7H6Br2FNO/c1-12-4-2-3(8)6(10)5(9)7(4)11/h2H,11H2,1H3. The molecule has 0 atom stereocenters. The lowest BCUT2D eigenvalue weighted by Gasteiger charge is -2.07. The molecule has 0 saturated heterocycles. The summed E-state index contributed by atoms with van der Waals surface area (Å²) in [7, 11) is 1.47. The molecule has 0 aliphatic heterocycles. The summed E-state index contributed by atoms with van der Waals surface area (Å²) in [6.45, 7) is 0. The van der Waals surface area contributed by atoms with E-state index in [9.17, 15) is 4.39 Å². The number of halogens is 3. The average Bonchev–Trinajstić information content (AvgIpc) is 2.08. The van der Waals surface area contributed by atoms with Crippen LogP contribution in [0, 0.1) is 5.82 Å². The van der Waals surface area contributed by atoms with Crippen molar-refractivity contribution < 1.29 is 9.13 Å². The minimum atomic E-state index is -0.423. The van der Waals surface area contributed by atoms with E-state index >= 15 is 0 Å². The van der Waals surface area contributed by atoms with E-state index in [0.717, 1.165) is 0 Å². The zero-order chi connectivity index (χ0) is 9.30. The van der Waals surface area contributed by atoms with Gasteiger partial charge in [-0.15, -0.1) is 0 Å². The molecule has 12 heavy (non-hydrogen) atoms. The van der Waals surface area contributed by atoms with Gasteiger partial charge in [-0.3, -0.25) is 0 Å². The second-order valence-electron chi connectivity index (χ2n) is 2.10. The van der Waals surface area contributed by atoms with Crippen molar-refractivity contribution in [2.45, 2.75) is 0 Å². The van der Waals surface area contributed by atoms with Gasteiger partial charge in [0, 0.05) is 0 Å². The second kappa shape index (κ2) is 3.62. The van der Waals surface area contributed by atoms with Crippen molar-refractivity contribution >= 4 is 37.5 Å². The number of ether oxygens (including phenoxy) is 1. The quantitative estimate of drug-likeness (QED) is 0.639. The van der Waals surface area contributed by atoms with E-state index in [1.165, 1.54) is 13.2 Å². The highest BCUT2D eigenvalue weighted by Crippen LogP contribution is 2.36. The van der Waals surface area contributed by atoms with Crippen molar-refractivity contribution in [3.8, 4) is 5.75 Å². The molecule has 2 nitrogen and oxygen atoms in total. The molecule has 0 radical (unpaired) electrons. The summed E-state index contributed by atoms with van der Waals surface area (Å²) in [5.74, 6) is 0.0171. The Labute approximate surface area is 86.2 Å². The normalized spacial score (nSPS) is 10.0. The fourth-order valence-corrected chi connectivity index (χ4v) is 1.84. The highest BCUT2D eigenvalue weighted by Gasteiger charge is 2.12. The van der Waals surface area contributed by atoms with Gasteiger partial charge in [-0.2, -0.15) is 0 Å². The summed E-state index contributed by atoms with van der Waals surface area (Å²) >= 11 is 6.04. The molecule has 1 rings (SSSR count). The molecule has 0 fully saturated rings. The van der Waals surface area contributed by atoms with E-state index in [1.54, 1.807) is 0 Å². The fraction of sp³-hybridized carbons (Fsp3) is 0.143. The van der Waals surface area contributed by atoms with Gasteiger partial charge in [0.05, 0.1) is 21.7 Å². The van der Waals surface area contributed by atoms with Crippen LogP contribution in [0.25, 0.3) is 0 Å². The van der Waals surface area contributed by atoms with Gasteiger partial charge in [0.1, 0.15) is 5.75 Å². The fourth-order valence-electron chi connectivity index (χ4n) is 0.756. The number of nitrogen functional groups attached to an aromatic ring is 1. The lowest BCUT2D eigenvalue weighted by Crippen LogP contribution is -1.96. The third-order valence-corrected chi connectivity index (χ3v) is 2.73. The van der Waals surface area contributed by atoms with Gasteiger partial charge in [-0.1, -0.05) is 0 Å². The number of nitrogens with two attached hydrogens (primary N) is 1. The van der Waals surface area contributed by atoms with Crippen molar-refractivity contribution in [3.05, 3.63) is 20.8 Å². The molecule has 0 saturated carbocycles. The summed E-state index contributed by atoms with van der Waals surface area (Å²) in [6.07, 6.45) is 0. The number of rotatable bonds is 1. The van der Waals surface area contributed by atoms with E-state index in [-0.39, 0.29) is 10.2 Å². The van der Waals surface area contributed by atoms with Crippen molar-refractivity contribution in [2.24, 2.45) is 0 Å². The predicted molar refractivity (Wildman–Crippen MR) is 52.8 cm³/mol.